The van der Waals surface area contributed by atoms with Gasteiger partial charge in [0.15, 0.2) is 5.82 Å². The number of anilines is 1. The van der Waals surface area contributed by atoms with Crippen LogP contribution in [0.3, 0.4) is 0 Å². The average molecular weight is 377 g/mol. The Hall–Kier alpha value is -3.19. The number of nitrogens with one attached hydrogen (secondary N) is 3. The fourth-order valence-electron chi connectivity index (χ4n) is 3.51. The summed E-state index contributed by atoms with van der Waals surface area (Å²) in [5.41, 5.74) is 1.38. The van der Waals surface area contributed by atoms with Crippen LogP contribution in [-0.4, -0.2) is 46.2 Å². The van der Waals surface area contributed by atoms with E-state index in [1.54, 1.807) is 18.2 Å². The van der Waals surface area contributed by atoms with Gasteiger partial charge in [0.1, 0.15) is 11.6 Å². The number of rotatable bonds is 5. The minimum absolute atomic E-state index is 0.0224. The molecule has 1 aliphatic heterocycles. The number of hydrogen-bond acceptors (Lipinski definition) is 6. The van der Waals surface area contributed by atoms with E-state index in [-0.39, 0.29) is 23.7 Å². The van der Waals surface area contributed by atoms with Gasteiger partial charge in [-0.05, 0) is 37.6 Å². The monoisotopic (exact) mass is 377 g/mol. The van der Waals surface area contributed by atoms with Gasteiger partial charge in [0.05, 0.1) is 17.1 Å². The van der Waals surface area contributed by atoms with Gasteiger partial charge >= 0.3 is 0 Å². The maximum atomic E-state index is 12.1. The number of para-hydroxylation sites is 2. The Morgan fingerprint density at radius 1 is 1.18 bits per heavy atom. The van der Waals surface area contributed by atoms with Crippen molar-refractivity contribution >= 4 is 22.6 Å². The summed E-state index contributed by atoms with van der Waals surface area (Å²) < 4.78 is 0. The second-order valence-electron chi connectivity index (χ2n) is 6.86. The van der Waals surface area contributed by atoms with Crippen LogP contribution in [0.15, 0.2) is 48.5 Å². The van der Waals surface area contributed by atoms with Crippen LogP contribution in [0.1, 0.15) is 13.3 Å². The Morgan fingerprint density at radius 2 is 1.96 bits per heavy atom. The van der Waals surface area contributed by atoms with E-state index in [2.05, 4.69) is 20.9 Å². The molecule has 28 heavy (non-hydrogen) atoms. The highest BCUT2D eigenvalue weighted by molar-refractivity contribution is 5.91. The fraction of sp³-hybridized carbons (Fsp3) is 0.286. The zero-order chi connectivity index (χ0) is 19.5. The third kappa shape index (κ3) is 3.61. The van der Waals surface area contributed by atoms with Crippen LogP contribution in [0.4, 0.5) is 5.82 Å². The van der Waals surface area contributed by atoms with E-state index in [0.29, 0.717) is 36.7 Å². The fourth-order valence-corrected chi connectivity index (χ4v) is 3.51. The highest BCUT2D eigenvalue weighted by atomic mass is 16.3. The van der Waals surface area contributed by atoms with E-state index in [9.17, 15) is 9.90 Å². The van der Waals surface area contributed by atoms with Crippen molar-refractivity contribution in [2.45, 2.75) is 25.4 Å². The Bertz CT molecular complexity index is 1010. The molecule has 0 radical (unpaired) electrons. The molecular formula is C21H23N5O2. The van der Waals surface area contributed by atoms with Gasteiger partial charge in [-0.25, -0.2) is 9.97 Å². The van der Waals surface area contributed by atoms with Crippen molar-refractivity contribution in [2.75, 3.05) is 18.4 Å². The second-order valence-corrected chi connectivity index (χ2v) is 6.86. The first-order chi connectivity index (χ1) is 13.7. The van der Waals surface area contributed by atoms with E-state index in [1.165, 1.54) is 0 Å². The highest BCUT2D eigenvalue weighted by Gasteiger charge is 2.29. The quantitative estimate of drug-likeness (QED) is 0.544. The minimum atomic E-state index is -0.205. The van der Waals surface area contributed by atoms with Gasteiger partial charge < -0.3 is 21.1 Å². The number of aromatic nitrogens is 2. The molecule has 0 saturated carbocycles. The van der Waals surface area contributed by atoms with Crippen LogP contribution in [0.5, 0.6) is 5.75 Å². The van der Waals surface area contributed by atoms with Crippen LogP contribution in [-0.2, 0) is 4.79 Å². The largest absolute Gasteiger partial charge is 0.507 e. The van der Waals surface area contributed by atoms with E-state index in [1.807, 2.05) is 37.3 Å². The number of benzene rings is 2. The van der Waals surface area contributed by atoms with Crippen molar-refractivity contribution in [3.63, 3.8) is 0 Å². The molecule has 4 rings (SSSR count). The van der Waals surface area contributed by atoms with Gasteiger partial charge in [0, 0.05) is 24.5 Å². The Kier molecular flexibility index (Phi) is 5.08. The molecule has 0 spiro atoms. The molecule has 2 atom stereocenters. The number of nitrogens with zero attached hydrogens (tertiary/aromatic N) is 2. The van der Waals surface area contributed by atoms with Crippen LogP contribution >= 0.6 is 0 Å². The van der Waals surface area contributed by atoms with E-state index >= 15 is 0 Å². The maximum absolute atomic E-state index is 12.1. The number of aromatic hydroxyl groups is 1. The predicted octanol–water partition coefficient (Wildman–Crippen LogP) is 2.28. The molecule has 1 saturated heterocycles. The number of carbonyl (C=O) groups excluding carboxylic acids is 1. The smallest absolute Gasteiger partial charge is 0.237 e. The second kappa shape index (κ2) is 7.82. The number of fused-ring (bicyclic) bond motifs is 1. The minimum Gasteiger partial charge on any atom is -0.507 e. The van der Waals surface area contributed by atoms with Crippen molar-refractivity contribution in [1.29, 1.82) is 0 Å². The Labute approximate surface area is 163 Å². The number of phenols is 1. The van der Waals surface area contributed by atoms with Gasteiger partial charge in [0.2, 0.25) is 5.91 Å². The van der Waals surface area contributed by atoms with Gasteiger partial charge in [-0.1, -0.05) is 24.3 Å². The summed E-state index contributed by atoms with van der Waals surface area (Å²) in [6, 6.07) is 14.7. The number of phenolic OH excluding ortho intramolecular Hbond substituents is 1. The van der Waals surface area contributed by atoms with Crippen LogP contribution < -0.4 is 16.0 Å². The predicted molar refractivity (Wildman–Crippen MR) is 109 cm³/mol. The summed E-state index contributed by atoms with van der Waals surface area (Å²) in [5, 5.41) is 20.7. The molecule has 7 heteroatoms. The average Bonchev–Trinajstić information content (AvgIpc) is 3.17. The first-order valence-corrected chi connectivity index (χ1v) is 9.48. The van der Waals surface area contributed by atoms with Crippen molar-refractivity contribution in [3.05, 3.63) is 48.5 Å². The number of hydrogen-bond donors (Lipinski definition) is 4. The highest BCUT2D eigenvalue weighted by Crippen LogP contribution is 2.30. The van der Waals surface area contributed by atoms with Crippen LogP contribution in [0, 0.1) is 0 Å². The molecule has 144 valence electrons. The normalized spacial score (nSPS) is 18.9. The third-order valence-electron chi connectivity index (χ3n) is 4.89. The maximum Gasteiger partial charge on any atom is 0.237 e. The first-order valence-electron chi connectivity index (χ1n) is 9.48. The molecule has 0 unspecified atom stereocenters. The number of likely N-dealkylation sites (N-methyl/N-ethyl adjacent to an activating group) is 1. The summed E-state index contributed by atoms with van der Waals surface area (Å²) in [7, 11) is 0. The van der Waals surface area contributed by atoms with Crippen LogP contribution in [0.25, 0.3) is 22.3 Å². The van der Waals surface area contributed by atoms with Gasteiger partial charge in [-0.15, -0.1) is 0 Å². The van der Waals surface area contributed by atoms with E-state index in [4.69, 9.17) is 4.98 Å². The number of carbonyl (C=O) groups is 1. The molecule has 0 bridgehead atoms. The van der Waals surface area contributed by atoms with Gasteiger partial charge in [-0.2, -0.15) is 0 Å². The van der Waals surface area contributed by atoms with Crippen molar-refractivity contribution in [3.8, 4) is 17.1 Å². The standard InChI is InChI=1S/C21H23N5O2/c1-2-22-21(28)17-11-13(12-23-17)24-19-14-7-3-5-9-16(14)25-20(26-19)15-8-4-6-10-18(15)27/h3-10,13,17,23,27H,2,11-12H2,1H3,(H,22,28)(H,24,25,26)/t13-,17+/m0/s1. The lowest BCUT2D eigenvalue weighted by Crippen LogP contribution is -2.40. The molecule has 2 heterocycles. The zero-order valence-electron chi connectivity index (χ0n) is 15.6. The van der Waals surface area contributed by atoms with E-state index < -0.39 is 0 Å². The van der Waals surface area contributed by atoms with Crippen molar-refractivity contribution < 1.29 is 9.90 Å². The summed E-state index contributed by atoms with van der Waals surface area (Å²) in [6.07, 6.45) is 0.677. The molecule has 1 amide bonds. The molecule has 4 N–H and O–H groups in total. The van der Waals surface area contributed by atoms with Gasteiger partial charge in [-0.3, -0.25) is 4.79 Å². The Morgan fingerprint density at radius 3 is 2.79 bits per heavy atom. The molecule has 1 fully saturated rings. The first kappa shape index (κ1) is 18.2. The van der Waals surface area contributed by atoms with Crippen molar-refractivity contribution in [1.82, 2.24) is 20.6 Å². The molecule has 3 aromatic rings. The third-order valence-corrected chi connectivity index (χ3v) is 4.89. The summed E-state index contributed by atoms with van der Waals surface area (Å²) >= 11 is 0. The molecule has 2 aromatic carbocycles. The number of amides is 1. The molecule has 0 aliphatic carbocycles. The molecule has 7 nitrogen and oxygen atoms in total. The lowest BCUT2D eigenvalue weighted by molar-refractivity contribution is -0.122. The summed E-state index contributed by atoms with van der Waals surface area (Å²) in [5.74, 6) is 1.33. The molecule has 1 aliphatic rings. The lowest BCUT2D eigenvalue weighted by Gasteiger charge is -2.16. The molecule has 1 aromatic heterocycles. The SMILES string of the molecule is CCNC(=O)[C@H]1C[C@H](Nc2nc(-c3ccccc3O)nc3ccccc23)CN1. The Balaban J connectivity index is 1.65. The topological polar surface area (TPSA) is 99.2 Å². The lowest BCUT2D eigenvalue weighted by atomic mass is 10.1. The van der Waals surface area contributed by atoms with E-state index in [0.717, 1.165) is 10.9 Å². The summed E-state index contributed by atoms with van der Waals surface area (Å²) in [4.78, 5) is 21.4. The van der Waals surface area contributed by atoms with Crippen molar-refractivity contribution in [2.24, 2.45) is 0 Å². The van der Waals surface area contributed by atoms with Gasteiger partial charge in [0.25, 0.3) is 0 Å². The zero-order valence-corrected chi connectivity index (χ0v) is 15.6. The summed E-state index contributed by atoms with van der Waals surface area (Å²) in [6.45, 7) is 3.21. The molecular weight excluding hydrogens is 354 g/mol. The van der Waals surface area contributed by atoms with Crippen LogP contribution in [0.2, 0.25) is 0 Å².